The zero-order valence-corrected chi connectivity index (χ0v) is 10.4. The van der Waals surface area contributed by atoms with Gasteiger partial charge in [0.25, 0.3) is 0 Å². The van der Waals surface area contributed by atoms with Crippen LogP contribution in [0.25, 0.3) is 0 Å². The lowest BCUT2D eigenvalue weighted by Gasteiger charge is -2.12. The van der Waals surface area contributed by atoms with Crippen LogP contribution in [0.4, 0.5) is 10.1 Å². The zero-order valence-electron chi connectivity index (χ0n) is 10.4. The van der Waals surface area contributed by atoms with Crippen LogP contribution in [0.3, 0.4) is 0 Å². The summed E-state index contributed by atoms with van der Waals surface area (Å²) >= 11 is 0. The molecule has 2 aromatic rings. The van der Waals surface area contributed by atoms with Crippen molar-refractivity contribution in [1.82, 2.24) is 9.55 Å². The van der Waals surface area contributed by atoms with Gasteiger partial charge in [-0.15, -0.1) is 0 Å². The standard InChI is InChI=1S/C14H16FN3/c1-10-3-2-4-13(15)14(10)17-8-12-7-16-9-18(12)11-5-6-11/h2-4,7,9,11,17H,5-6,8H2,1H3. The normalized spacial score (nSPS) is 14.8. The summed E-state index contributed by atoms with van der Waals surface area (Å²) in [5, 5.41) is 3.17. The summed E-state index contributed by atoms with van der Waals surface area (Å²) in [4.78, 5) is 4.17. The van der Waals surface area contributed by atoms with E-state index in [4.69, 9.17) is 0 Å². The summed E-state index contributed by atoms with van der Waals surface area (Å²) < 4.78 is 15.8. The van der Waals surface area contributed by atoms with Gasteiger partial charge in [0.1, 0.15) is 5.82 Å². The van der Waals surface area contributed by atoms with Gasteiger partial charge in [-0.05, 0) is 31.4 Å². The number of aromatic nitrogens is 2. The van der Waals surface area contributed by atoms with Gasteiger partial charge in [0.05, 0.1) is 24.3 Å². The van der Waals surface area contributed by atoms with Gasteiger partial charge < -0.3 is 9.88 Å². The number of benzene rings is 1. The molecule has 0 bridgehead atoms. The van der Waals surface area contributed by atoms with Crippen molar-refractivity contribution < 1.29 is 4.39 Å². The second kappa shape index (κ2) is 4.44. The Hall–Kier alpha value is -1.84. The number of para-hydroxylation sites is 1. The molecule has 4 heteroatoms. The third kappa shape index (κ3) is 2.10. The third-order valence-corrected chi connectivity index (χ3v) is 3.35. The molecule has 0 amide bonds. The highest BCUT2D eigenvalue weighted by Crippen LogP contribution is 2.35. The van der Waals surface area contributed by atoms with Crippen LogP contribution in [0, 0.1) is 12.7 Å². The molecule has 1 aromatic carbocycles. The van der Waals surface area contributed by atoms with Crippen LogP contribution in [0.5, 0.6) is 0 Å². The molecule has 0 unspecified atom stereocenters. The van der Waals surface area contributed by atoms with E-state index in [0.29, 0.717) is 18.3 Å². The number of anilines is 1. The Balaban J connectivity index is 1.76. The molecule has 18 heavy (non-hydrogen) atoms. The van der Waals surface area contributed by atoms with E-state index < -0.39 is 0 Å². The van der Waals surface area contributed by atoms with E-state index in [2.05, 4.69) is 14.9 Å². The van der Waals surface area contributed by atoms with Crippen molar-refractivity contribution in [1.29, 1.82) is 0 Å². The Morgan fingerprint density at radius 2 is 2.28 bits per heavy atom. The Labute approximate surface area is 106 Å². The lowest BCUT2D eigenvalue weighted by Crippen LogP contribution is -2.07. The zero-order chi connectivity index (χ0) is 12.5. The fraction of sp³-hybridized carbons (Fsp3) is 0.357. The summed E-state index contributed by atoms with van der Waals surface area (Å²) in [7, 11) is 0. The molecule has 1 saturated carbocycles. The summed E-state index contributed by atoms with van der Waals surface area (Å²) in [6.45, 7) is 2.52. The van der Waals surface area contributed by atoms with Crippen molar-refractivity contribution in [2.75, 3.05) is 5.32 Å². The Kier molecular flexibility index (Phi) is 2.78. The number of imidazole rings is 1. The molecule has 0 spiro atoms. The van der Waals surface area contributed by atoms with E-state index in [0.717, 1.165) is 11.3 Å². The molecule has 3 rings (SSSR count). The van der Waals surface area contributed by atoms with Crippen LogP contribution < -0.4 is 5.32 Å². The van der Waals surface area contributed by atoms with E-state index in [9.17, 15) is 4.39 Å². The Bertz CT molecular complexity index is 538. The smallest absolute Gasteiger partial charge is 0.146 e. The maximum Gasteiger partial charge on any atom is 0.146 e. The lowest BCUT2D eigenvalue weighted by atomic mass is 10.2. The van der Waals surface area contributed by atoms with E-state index in [1.807, 2.05) is 25.5 Å². The van der Waals surface area contributed by atoms with Crippen molar-refractivity contribution >= 4 is 5.69 Å². The van der Waals surface area contributed by atoms with Crippen molar-refractivity contribution in [2.45, 2.75) is 32.4 Å². The molecule has 94 valence electrons. The fourth-order valence-electron chi connectivity index (χ4n) is 2.19. The number of hydrogen-bond donors (Lipinski definition) is 1. The summed E-state index contributed by atoms with van der Waals surface area (Å²) in [5.74, 6) is -0.201. The molecule has 3 nitrogen and oxygen atoms in total. The number of nitrogens with zero attached hydrogens (tertiary/aromatic N) is 2. The quantitative estimate of drug-likeness (QED) is 0.895. The van der Waals surface area contributed by atoms with Gasteiger partial charge in [-0.25, -0.2) is 9.37 Å². The molecular weight excluding hydrogens is 229 g/mol. The lowest BCUT2D eigenvalue weighted by molar-refractivity contribution is 0.627. The number of aryl methyl sites for hydroxylation is 1. The minimum absolute atomic E-state index is 0.201. The highest BCUT2D eigenvalue weighted by Gasteiger charge is 2.25. The van der Waals surface area contributed by atoms with Crippen LogP contribution in [-0.4, -0.2) is 9.55 Å². The molecule has 1 heterocycles. The largest absolute Gasteiger partial charge is 0.377 e. The molecule has 1 fully saturated rings. The van der Waals surface area contributed by atoms with Crippen molar-refractivity contribution in [2.24, 2.45) is 0 Å². The first-order valence-corrected chi connectivity index (χ1v) is 6.25. The maximum absolute atomic E-state index is 13.7. The second-order valence-electron chi connectivity index (χ2n) is 4.81. The second-order valence-corrected chi connectivity index (χ2v) is 4.81. The molecule has 1 aliphatic rings. The van der Waals surface area contributed by atoms with Gasteiger partial charge >= 0.3 is 0 Å². The topological polar surface area (TPSA) is 29.9 Å². The first-order valence-electron chi connectivity index (χ1n) is 6.25. The van der Waals surface area contributed by atoms with Gasteiger partial charge in [0.2, 0.25) is 0 Å². The maximum atomic E-state index is 13.7. The Morgan fingerprint density at radius 3 is 3.00 bits per heavy atom. The fourth-order valence-corrected chi connectivity index (χ4v) is 2.19. The Morgan fingerprint density at radius 1 is 1.44 bits per heavy atom. The number of rotatable bonds is 4. The van der Waals surface area contributed by atoms with Crippen LogP contribution in [-0.2, 0) is 6.54 Å². The molecule has 1 N–H and O–H groups in total. The molecule has 1 aliphatic carbocycles. The van der Waals surface area contributed by atoms with Crippen LogP contribution in [0.15, 0.2) is 30.7 Å². The van der Waals surface area contributed by atoms with Crippen LogP contribution in [0.2, 0.25) is 0 Å². The van der Waals surface area contributed by atoms with Crippen LogP contribution in [0.1, 0.15) is 30.1 Å². The first-order chi connectivity index (χ1) is 8.75. The van der Waals surface area contributed by atoms with Crippen LogP contribution >= 0.6 is 0 Å². The first kappa shape index (κ1) is 11.3. The average molecular weight is 245 g/mol. The van der Waals surface area contributed by atoms with Gasteiger partial charge in [-0.2, -0.15) is 0 Å². The van der Waals surface area contributed by atoms with Gasteiger partial charge in [0.15, 0.2) is 0 Å². The van der Waals surface area contributed by atoms with E-state index >= 15 is 0 Å². The predicted octanol–water partition coefficient (Wildman–Crippen LogP) is 3.28. The molecule has 0 radical (unpaired) electrons. The van der Waals surface area contributed by atoms with Gasteiger partial charge in [0, 0.05) is 12.2 Å². The minimum Gasteiger partial charge on any atom is -0.377 e. The number of hydrogen-bond acceptors (Lipinski definition) is 2. The van der Waals surface area contributed by atoms with Crippen molar-refractivity contribution in [3.05, 3.63) is 47.8 Å². The SMILES string of the molecule is Cc1cccc(F)c1NCc1cncn1C1CC1. The monoisotopic (exact) mass is 245 g/mol. The average Bonchev–Trinajstić information content (AvgIpc) is 3.09. The number of halogens is 1. The summed E-state index contributed by atoms with van der Waals surface area (Å²) in [6, 6.07) is 5.72. The number of nitrogens with one attached hydrogen (secondary N) is 1. The van der Waals surface area contributed by atoms with Crippen molar-refractivity contribution in [3.8, 4) is 0 Å². The highest BCUT2D eigenvalue weighted by atomic mass is 19.1. The van der Waals surface area contributed by atoms with E-state index in [-0.39, 0.29) is 5.82 Å². The molecule has 0 aliphatic heterocycles. The summed E-state index contributed by atoms with van der Waals surface area (Å²) in [5.41, 5.74) is 2.62. The minimum atomic E-state index is -0.201. The van der Waals surface area contributed by atoms with E-state index in [1.165, 1.54) is 18.9 Å². The highest BCUT2D eigenvalue weighted by molar-refractivity contribution is 5.51. The summed E-state index contributed by atoms with van der Waals surface area (Å²) in [6.07, 6.45) is 6.16. The van der Waals surface area contributed by atoms with Gasteiger partial charge in [-0.1, -0.05) is 12.1 Å². The molecular formula is C14H16FN3. The third-order valence-electron chi connectivity index (χ3n) is 3.35. The molecule has 1 aromatic heterocycles. The van der Waals surface area contributed by atoms with E-state index in [1.54, 1.807) is 6.07 Å². The molecule has 0 saturated heterocycles. The van der Waals surface area contributed by atoms with Gasteiger partial charge in [-0.3, -0.25) is 0 Å². The predicted molar refractivity (Wildman–Crippen MR) is 69.0 cm³/mol. The van der Waals surface area contributed by atoms with Crippen molar-refractivity contribution in [3.63, 3.8) is 0 Å². The molecule has 0 atom stereocenters.